The maximum absolute atomic E-state index is 11.7. The smallest absolute Gasteiger partial charge is 0.337 e. The second-order valence-corrected chi connectivity index (χ2v) is 13.2. The summed E-state index contributed by atoms with van der Waals surface area (Å²) in [5.41, 5.74) is 0. The fourth-order valence-corrected chi connectivity index (χ4v) is 5.77. The number of hydrogen-bond donors (Lipinski definition) is 1. The predicted molar refractivity (Wildman–Crippen MR) is 84.2 cm³/mol. The van der Waals surface area contributed by atoms with Crippen LogP contribution in [0.5, 0.6) is 0 Å². The van der Waals surface area contributed by atoms with Crippen molar-refractivity contribution in [3.63, 3.8) is 0 Å². The molecule has 1 saturated carbocycles. The fourth-order valence-electron chi connectivity index (χ4n) is 3.55. The van der Waals surface area contributed by atoms with Crippen molar-refractivity contribution < 1.29 is 19.4 Å². The molecule has 120 valence electrons. The van der Waals surface area contributed by atoms with E-state index in [2.05, 4.69) is 19.6 Å². The second-order valence-electron chi connectivity index (χ2n) is 7.87. The van der Waals surface area contributed by atoms with E-state index in [1.165, 1.54) is 18.9 Å². The molecule has 1 N–H and O–H groups in total. The van der Waals surface area contributed by atoms with Crippen LogP contribution in [0.1, 0.15) is 46.0 Å². The molecule has 0 bridgehead atoms. The summed E-state index contributed by atoms with van der Waals surface area (Å²) in [5.74, 6) is -0.453. The Hall–Kier alpha value is -0.813. The zero-order valence-electron chi connectivity index (χ0n) is 13.9. The molecule has 0 aromatic rings. The minimum absolute atomic E-state index is 0.315. The molecule has 0 saturated heterocycles. The Bertz CT molecular complexity index is 444. The molecule has 2 rings (SSSR count). The molecule has 1 aliphatic heterocycles. The molecule has 0 spiro atoms. The Morgan fingerprint density at radius 2 is 1.86 bits per heavy atom. The molecule has 4 nitrogen and oxygen atoms in total. The lowest BCUT2D eigenvalue weighted by Gasteiger charge is -2.45. The molecule has 0 amide bonds. The minimum Gasteiger partial charge on any atom is -0.457 e. The molecule has 21 heavy (non-hydrogen) atoms. The molecular formula is C16H28O4Si. The largest absolute Gasteiger partial charge is 0.457 e. The molecule has 5 heteroatoms. The van der Waals surface area contributed by atoms with E-state index >= 15 is 0 Å². The standard InChI is InChI=1S/C16H28O4Si/c1-15(2)19-13(10-14(17)20-15)11-16(18,21(3,4)5)12-8-6-7-9-12/h10,12,18H,6-9,11H2,1-5H3. The highest BCUT2D eigenvalue weighted by Gasteiger charge is 2.50. The van der Waals surface area contributed by atoms with E-state index < -0.39 is 19.1 Å². The zero-order valence-corrected chi connectivity index (χ0v) is 14.9. The number of esters is 1. The van der Waals surface area contributed by atoms with E-state index in [0.717, 1.165) is 12.8 Å². The summed E-state index contributed by atoms with van der Waals surface area (Å²) in [6, 6.07) is 0. The summed E-state index contributed by atoms with van der Waals surface area (Å²) in [5, 5.41) is 10.7. The quantitative estimate of drug-likeness (QED) is 0.639. The van der Waals surface area contributed by atoms with Crippen LogP contribution in [0.4, 0.5) is 0 Å². The van der Waals surface area contributed by atoms with Gasteiger partial charge in [0.05, 0.1) is 19.4 Å². The molecule has 0 aromatic carbocycles. The maximum Gasteiger partial charge on any atom is 0.337 e. The van der Waals surface area contributed by atoms with Gasteiger partial charge >= 0.3 is 5.97 Å². The lowest BCUT2D eigenvalue weighted by Crippen LogP contribution is -2.57. The monoisotopic (exact) mass is 312 g/mol. The van der Waals surface area contributed by atoms with Crippen LogP contribution in [0.2, 0.25) is 19.6 Å². The van der Waals surface area contributed by atoms with Crippen LogP contribution < -0.4 is 0 Å². The zero-order chi connectivity index (χ0) is 15.9. The SMILES string of the molecule is CC1(C)OC(=O)C=C(CC(O)(C2CCCC2)[Si](C)(C)C)O1. The molecule has 2 aliphatic rings. The van der Waals surface area contributed by atoms with Crippen LogP contribution in [0, 0.1) is 5.92 Å². The average Bonchev–Trinajstić information content (AvgIpc) is 2.77. The molecule has 1 unspecified atom stereocenters. The van der Waals surface area contributed by atoms with Gasteiger partial charge in [0, 0.05) is 20.3 Å². The highest BCUT2D eigenvalue weighted by atomic mass is 28.3. The first kappa shape index (κ1) is 16.6. The number of aliphatic hydroxyl groups is 1. The van der Waals surface area contributed by atoms with Gasteiger partial charge in [0.15, 0.2) is 0 Å². The van der Waals surface area contributed by atoms with E-state index in [0.29, 0.717) is 18.1 Å². The van der Waals surface area contributed by atoms with E-state index in [1.54, 1.807) is 13.8 Å². The van der Waals surface area contributed by atoms with Crippen molar-refractivity contribution in [2.75, 3.05) is 0 Å². The maximum atomic E-state index is 11.7. The summed E-state index contributed by atoms with van der Waals surface area (Å²) < 4.78 is 10.9. The van der Waals surface area contributed by atoms with E-state index in [1.807, 2.05) is 0 Å². The number of cyclic esters (lactones) is 1. The third kappa shape index (κ3) is 3.51. The lowest BCUT2D eigenvalue weighted by molar-refractivity contribution is -0.207. The molecule has 1 heterocycles. The van der Waals surface area contributed by atoms with E-state index in [4.69, 9.17) is 9.47 Å². The minimum atomic E-state index is -1.85. The fraction of sp³-hybridized carbons (Fsp3) is 0.812. The van der Waals surface area contributed by atoms with Gasteiger partial charge < -0.3 is 14.6 Å². The van der Waals surface area contributed by atoms with Crippen molar-refractivity contribution in [2.45, 2.75) is 76.6 Å². The Kier molecular flexibility index (Phi) is 4.28. The highest BCUT2D eigenvalue weighted by Crippen LogP contribution is 2.44. The number of ether oxygens (including phenoxy) is 2. The normalized spacial score (nSPS) is 25.8. The molecular weight excluding hydrogens is 284 g/mol. The number of carbonyl (C=O) groups excluding carboxylic acids is 1. The molecule has 0 radical (unpaired) electrons. The van der Waals surface area contributed by atoms with Crippen LogP contribution in [0.3, 0.4) is 0 Å². The second kappa shape index (κ2) is 5.43. The van der Waals surface area contributed by atoms with Crippen LogP contribution >= 0.6 is 0 Å². The predicted octanol–water partition coefficient (Wildman–Crippen LogP) is 3.37. The number of hydrogen-bond acceptors (Lipinski definition) is 4. The van der Waals surface area contributed by atoms with Crippen LogP contribution in [-0.4, -0.2) is 30.2 Å². The van der Waals surface area contributed by atoms with Crippen molar-refractivity contribution in [2.24, 2.45) is 5.92 Å². The van der Waals surface area contributed by atoms with Gasteiger partial charge in [-0.2, -0.15) is 0 Å². The van der Waals surface area contributed by atoms with E-state index in [9.17, 15) is 9.90 Å². The summed E-state index contributed by atoms with van der Waals surface area (Å²) in [7, 11) is -1.85. The van der Waals surface area contributed by atoms with Crippen molar-refractivity contribution in [3.8, 4) is 0 Å². The summed E-state index contributed by atoms with van der Waals surface area (Å²) in [4.78, 5) is 11.7. The first-order chi connectivity index (χ1) is 9.53. The van der Waals surface area contributed by atoms with Crippen LogP contribution in [-0.2, 0) is 14.3 Å². The summed E-state index contributed by atoms with van der Waals surface area (Å²) >= 11 is 0. The Morgan fingerprint density at radius 1 is 1.29 bits per heavy atom. The van der Waals surface area contributed by atoms with Gasteiger partial charge in [-0.25, -0.2) is 4.79 Å². The molecule has 1 fully saturated rings. The Balaban J connectivity index is 2.25. The Labute approximate surface area is 128 Å². The van der Waals surface area contributed by atoms with Crippen molar-refractivity contribution >= 4 is 14.0 Å². The summed E-state index contributed by atoms with van der Waals surface area (Å²) in [6.45, 7) is 10.0. The van der Waals surface area contributed by atoms with Gasteiger partial charge in [-0.1, -0.05) is 32.5 Å². The van der Waals surface area contributed by atoms with Crippen LogP contribution in [0.15, 0.2) is 11.8 Å². The van der Waals surface area contributed by atoms with Gasteiger partial charge in [0.1, 0.15) is 5.76 Å². The molecule has 1 atom stereocenters. The first-order valence-electron chi connectivity index (χ1n) is 7.88. The van der Waals surface area contributed by atoms with Crippen molar-refractivity contribution in [1.82, 2.24) is 0 Å². The third-order valence-corrected chi connectivity index (χ3v) is 7.96. The number of carbonyl (C=O) groups is 1. The van der Waals surface area contributed by atoms with Gasteiger partial charge in [0.2, 0.25) is 5.79 Å². The average molecular weight is 312 g/mol. The van der Waals surface area contributed by atoms with Crippen molar-refractivity contribution in [3.05, 3.63) is 11.8 Å². The third-order valence-electron chi connectivity index (χ3n) is 4.78. The van der Waals surface area contributed by atoms with Crippen molar-refractivity contribution in [1.29, 1.82) is 0 Å². The highest BCUT2D eigenvalue weighted by molar-refractivity contribution is 6.79. The number of rotatable bonds is 4. The Morgan fingerprint density at radius 3 is 2.33 bits per heavy atom. The van der Waals surface area contributed by atoms with Gasteiger partial charge in [-0.05, 0) is 18.8 Å². The topological polar surface area (TPSA) is 55.8 Å². The molecule has 1 aliphatic carbocycles. The first-order valence-corrected chi connectivity index (χ1v) is 11.4. The molecule has 0 aromatic heterocycles. The lowest BCUT2D eigenvalue weighted by atomic mass is 9.96. The van der Waals surface area contributed by atoms with Gasteiger partial charge in [-0.15, -0.1) is 0 Å². The van der Waals surface area contributed by atoms with Gasteiger partial charge in [0.25, 0.3) is 0 Å². The van der Waals surface area contributed by atoms with E-state index in [-0.39, 0.29) is 5.97 Å². The van der Waals surface area contributed by atoms with Crippen LogP contribution in [0.25, 0.3) is 0 Å². The van der Waals surface area contributed by atoms with Gasteiger partial charge in [-0.3, -0.25) is 0 Å². The summed E-state index contributed by atoms with van der Waals surface area (Å²) in [6.07, 6.45) is 6.33.